The molecule has 6 heteroatoms. The van der Waals surface area contributed by atoms with Crippen molar-refractivity contribution >= 4 is 11.9 Å². The maximum Gasteiger partial charge on any atom is 0.305 e. The van der Waals surface area contributed by atoms with Gasteiger partial charge in [0.05, 0.1) is 25.4 Å². The van der Waals surface area contributed by atoms with Crippen molar-refractivity contribution < 1.29 is 24.5 Å². The highest BCUT2D eigenvalue weighted by molar-refractivity contribution is 5.76. The van der Waals surface area contributed by atoms with Gasteiger partial charge in [-0.25, -0.2) is 0 Å². The van der Waals surface area contributed by atoms with Crippen LogP contribution in [-0.2, 0) is 14.3 Å². The van der Waals surface area contributed by atoms with Crippen molar-refractivity contribution in [3.05, 3.63) is 48.6 Å². The van der Waals surface area contributed by atoms with E-state index in [1.165, 1.54) is 186 Å². The Morgan fingerprint density at radius 1 is 0.438 bits per heavy atom. The number of ether oxygens (including phenoxy) is 1. The van der Waals surface area contributed by atoms with Crippen LogP contribution in [0, 0.1) is 0 Å². The maximum absolute atomic E-state index is 12.4. The molecule has 0 aromatic rings. The predicted molar refractivity (Wildman–Crippen MR) is 278 cm³/mol. The summed E-state index contributed by atoms with van der Waals surface area (Å²) in [4.78, 5) is 24.5. The molecule has 0 aliphatic heterocycles. The Morgan fingerprint density at radius 2 is 0.781 bits per heavy atom. The third-order valence-electron chi connectivity index (χ3n) is 12.6. The van der Waals surface area contributed by atoms with Gasteiger partial charge in [0.25, 0.3) is 0 Å². The van der Waals surface area contributed by atoms with Crippen LogP contribution in [0.4, 0.5) is 0 Å². The molecule has 0 aromatic carbocycles. The summed E-state index contributed by atoms with van der Waals surface area (Å²) in [6.07, 6.45) is 66.9. The van der Waals surface area contributed by atoms with Crippen molar-refractivity contribution in [2.24, 2.45) is 0 Å². The highest BCUT2D eigenvalue weighted by Gasteiger charge is 2.18. The summed E-state index contributed by atoms with van der Waals surface area (Å²) in [6, 6.07) is -0.641. The third kappa shape index (κ3) is 49.3. The largest absolute Gasteiger partial charge is 0.466 e. The van der Waals surface area contributed by atoms with Gasteiger partial charge in [-0.1, -0.05) is 229 Å². The number of aliphatic hydroxyl groups is 2. The monoisotopic (exact) mass is 898 g/mol. The zero-order chi connectivity index (χ0) is 46.5. The fourth-order valence-electron chi connectivity index (χ4n) is 8.25. The van der Waals surface area contributed by atoms with E-state index in [1.807, 2.05) is 6.08 Å². The fourth-order valence-corrected chi connectivity index (χ4v) is 8.25. The number of aliphatic hydroxyl groups excluding tert-OH is 2. The van der Waals surface area contributed by atoms with Crippen molar-refractivity contribution in [2.75, 3.05) is 13.2 Å². The molecule has 64 heavy (non-hydrogen) atoms. The molecule has 0 bridgehead atoms. The first-order chi connectivity index (χ1) is 31.5. The lowest BCUT2D eigenvalue weighted by molar-refractivity contribution is -0.143. The van der Waals surface area contributed by atoms with Gasteiger partial charge in [0.1, 0.15) is 0 Å². The van der Waals surface area contributed by atoms with Crippen LogP contribution in [0.5, 0.6) is 0 Å². The summed E-state index contributed by atoms with van der Waals surface area (Å²) in [7, 11) is 0. The molecule has 0 saturated carbocycles. The summed E-state index contributed by atoms with van der Waals surface area (Å²) < 4.78 is 5.47. The summed E-state index contributed by atoms with van der Waals surface area (Å²) >= 11 is 0. The number of amides is 1. The van der Waals surface area contributed by atoms with E-state index < -0.39 is 12.1 Å². The Bertz CT molecular complexity index is 1080. The first-order valence-corrected chi connectivity index (χ1v) is 27.9. The van der Waals surface area contributed by atoms with Crippen molar-refractivity contribution in [2.45, 2.75) is 296 Å². The van der Waals surface area contributed by atoms with E-state index in [0.29, 0.717) is 19.4 Å². The summed E-state index contributed by atoms with van der Waals surface area (Å²) in [6.45, 7) is 4.84. The molecule has 374 valence electrons. The average molecular weight is 898 g/mol. The Hall–Kier alpha value is -2.18. The van der Waals surface area contributed by atoms with Crippen LogP contribution in [0.15, 0.2) is 48.6 Å². The molecule has 1 amide bonds. The van der Waals surface area contributed by atoms with Crippen molar-refractivity contribution in [1.82, 2.24) is 5.32 Å². The van der Waals surface area contributed by atoms with Gasteiger partial charge in [0, 0.05) is 12.8 Å². The highest BCUT2D eigenvalue weighted by Crippen LogP contribution is 2.15. The lowest BCUT2D eigenvalue weighted by Gasteiger charge is -2.20. The second-order valence-electron chi connectivity index (χ2n) is 18.9. The number of unbranched alkanes of at least 4 members (excludes halogenated alkanes) is 34. The minimum Gasteiger partial charge on any atom is -0.466 e. The van der Waals surface area contributed by atoms with E-state index in [1.54, 1.807) is 6.08 Å². The Labute approximate surface area is 397 Å². The normalized spacial score (nSPS) is 13.0. The van der Waals surface area contributed by atoms with E-state index in [0.717, 1.165) is 70.6 Å². The Balaban J connectivity index is 3.50. The van der Waals surface area contributed by atoms with Gasteiger partial charge >= 0.3 is 5.97 Å². The van der Waals surface area contributed by atoms with Crippen LogP contribution in [-0.4, -0.2) is 47.4 Å². The van der Waals surface area contributed by atoms with Crippen LogP contribution >= 0.6 is 0 Å². The quantitative estimate of drug-likeness (QED) is 0.0321. The first-order valence-electron chi connectivity index (χ1n) is 27.9. The summed E-state index contributed by atoms with van der Waals surface area (Å²) in [5.41, 5.74) is 0. The number of carbonyl (C=O) groups excluding carboxylic acids is 2. The fraction of sp³-hybridized carbons (Fsp3) is 0.828. The minimum atomic E-state index is -0.855. The molecule has 0 fully saturated rings. The lowest BCUT2D eigenvalue weighted by atomic mass is 10.0. The van der Waals surface area contributed by atoms with E-state index in [4.69, 9.17) is 4.74 Å². The van der Waals surface area contributed by atoms with E-state index >= 15 is 0 Å². The molecule has 0 rings (SSSR count). The van der Waals surface area contributed by atoms with Crippen molar-refractivity contribution in [3.8, 4) is 0 Å². The highest BCUT2D eigenvalue weighted by atomic mass is 16.5. The molecule has 6 nitrogen and oxygen atoms in total. The summed E-state index contributed by atoms with van der Waals surface area (Å²) in [5, 5.41) is 23.1. The van der Waals surface area contributed by atoms with Gasteiger partial charge in [-0.15, -0.1) is 0 Å². The first kappa shape index (κ1) is 61.8. The number of rotatable bonds is 51. The van der Waals surface area contributed by atoms with E-state index in [9.17, 15) is 19.8 Å². The molecule has 0 spiro atoms. The second kappa shape index (κ2) is 53.4. The number of hydrogen-bond donors (Lipinski definition) is 3. The molecule has 2 atom stereocenters. The lowest BCUT2D eigenvalue weighted by Crippen LogP contribution is -2.45. The average Bonchev–Trinajstić information content (AvgIpc) is 3.29. The van der Waals surface area contributed by atoms with Crippen molar-refractivity contribution in [3.63, 3.8) is 0 Å². The van der Waals surface area contributed by atoms with Gasteiger partial charge in [-0.2, -0.15) is 0 Å². The molecule has 0 aliphatic rings. The van der Waals surface area contributed by atoms with Gasteiger partial charge in [0.15, 0.2) is 0 Å². The molecule has 0 heterocycles. The summed E-state index contributed by atoms with van der Waals surface area (Å²) in [5.74, 6) is -0.0984. The molecular weight excluding hydrogens is 791 g/mol. The topological polar surface area (TPSA) is 95.9 Å². The number of esters is 1. The number of carbonyl (C=O) groups is 2. The zero-order valence-electron chi connectivity index (χ0n) is 42.5. The Morgan fingerprint density at radius 3 is 1.23 bits per heavy atom. The SMILES string of the molecule is CCCCC/C=C\C/C=C\CCCCCCCCCC(=O)OCCCCCCCCC/C=C\CCCCCCCC(=O)NC(CO)C(O)/C=C/CCCCCCCCCCCCCC. The molecule has 3 N–H and O–H groups in total. The van der Waals surface area contributed by atoms with Gasteiger partial charge < -0.3 is 20.3 Å². The van der Waals surface area contributed by atoms with Crippen LogP contribution in [0.25, 0.3) is 0 Å². The third-order valence-corrected chi connectivity index (χ3v) is 12.6. The zero-order valence-corrected chi connectivity index (χ0v) is 42.5. The van der Waals surface area contributed by atoms with Crippen molar-refractivity contribution in [1.29, 1.82) is 0 Å². The standard InChI is InChI=1S/C58H107NO5/c1-3-5-7-9-11-13-15-17-19-20-24-28-32-36-40-44-48-52-58(63)64-53-49-45-41-37-33-29-25-22-21-23-27-31-35-39-43-47-51-57(62)59-55(54-60)56(61)50-46-42-38-34-30-26-18-16-14-12-10-8-6-4-2/h11,13,17,19,21,23,46,50,55-56,60-61H,3-10,12,14-16,18,20,22,24-45,47-49,51-54H2,1-2H3,(H,59,62)/b13-11-,19-17-,23-21-,50-46+. The Kier molecular flexibility index (Phi) is 51.6. The molecule has 0 radical (unpaired) electrons. The van der Waals surface area contributed by atoms with Crippen LogP contribution in [0.1, 0.15) is 284 Å². The van der Waals surface area contributed by atoms with Crippen LogP contribution < -0.4 is 5.32 Å². The molecule has 0 aromatic heterocycles. The van der Waals surface area contributed by atoms with E-state index in [-0.39, 0.29) is 18.5 Å². The molecule has 0 aliphatic carbocycles. The minimum absolute atomic E-state index is 0.0123. The van der Waals surface area contributed by atoms with Crippen LogP contribution in [0.3, 0.4) is 0 Å². The predicted octanol–water partition coefficient (Wildman–Crippen LogP) is 17.0. The number of nitrogens with one attached hydrogen (secondary N) is 1. The maximum atomic E-state index is 12.4. The van der Waals surface area contributed by atoms with Gasteiger partial charge in [0.2, 0.25) is 5.91 Å². The number of hydrogen-bond acceptors (Lipinski definition) is 5. The van der Waals surface area contributed by atoms with Crippen LogP contribution in [0.2, 0.25) is 0 Å². The smallest absolute Gasteiger partial charge is 0.305 e. The number of allylic oxidation sites excluding steroid dienone is 7. The second-order valence-corrected chi connectivity index (χ2v) is 18.9. The van der Waals surface area contributed by atoms with Gasteiger partial charge in [-0.05, 0) is 89.9 Å². The van der Waals surface area contributed by atoms with Gasteiger partial charge in [-0.3, -0.25) is 9.59 Å². The molecule has 0 saturated heterocycles. The molecular formula is C58H107NO5. The molecule has 2 unspecified atom stereocenters. The van der Waals surface area contributed by atoms with E-state index in [2.05, 4.69) is 55.6 Å².